The second-order valence-corrected chi connectivity index (χ2v) is 8.65. The number of carbonyl (C=O) groups is 1. The van der Waals surface area contributed by atoms with Crippen LogP contribution in [0.3, 0.4) is 0 Å². The summed E-state index contributed by atoms with van der Waals surface area (Å²) >= 11 is 1.38. The van der Waals surface area contributed by atoms with Crippen LogP contribution in [-0.4, -0.2) is 22.9 Å². The first kappa shape index (κ1) is 22.3. The first-order chi connectivity index (χ1) is 14.1. The number of rotatable bonds is 5. The number of halogens is 3. The van der Waals surface area contributed by atoms with Crippen LogP contribution in [0.1, 0.15) is 40.7 Å². The fourth-order valence-electron chi connectivity index (χ4n) is 3.72. The molecule has 7 heteroatoms. The van der Waals surface area contributed by atoms with Crippen LogP contribution in [0.2, 0.25) is 0 Å². The maximum atomic E-state index is 12.6. The third-order valence-electron chi connectivity index (χ3n) is 5.00. The summed E-state index contributed by atoms with van der Waals surface area (Å²) in [5.74, 6) is 0.0262. The minimum Gasteiger partial charge on any atom is -0.511 e. The Morgan fingerprint density at radius 3 is 2.23 bits per heavy atom. The summed E-state index contributed by atoms with van der Waals surface area (Å²) in [4.78, 5) is 13.3. The molecule has 2 aromatic carbocycles. The lowest BCUT2D eigenvalue weighted by Gasteiger charge is -2.26. The van der Waals surface area contributed by atoms with Gasteiger partial charge in [-0.05, 0) is 68.1 Å². The molecule has 1 unspecified atom stereocenters. The molecule has 160 valence electrons. The highest BCUT2D eigenvalue weighted by atomic mass is 32.2. The summed E-state index contributed by atoms with van der Waals surface area (Å²) in [5.41, 5.74) is 3.13. The minimum atomic E-state index is -4.35. The second-order valence-electron chi connectivity index (χ2n) is 7.49. The van der Waals surface area contributed by atoms with Gasteiger partial charge < -0.3 is 9.84 Å². The molecule has 0 bridgehead atoms. The van der Waals surface area contributed by atoms with E-state index in [4.69, 9.17) is 4.74 Å². The number of cyclic esters (lactones) is 1. The Labute approximate surface area is 177 Å². The van der Waals surface area contributed by atoms with Gasteiger partial charge in [-0.25, -0.2) is 4.79 Å². The lowest BCUT2D eigenvalue weighted by molar-refractivity contribution is -0.143. The Morgan fingerprint density at radius 1 is 1.10 bits per heavy atom. The standard InChI is InChI=1S/C23H23F3O3S/c1-13-10-14(2)20(15(3)11-13)21-19(27)12-17(29-22(21)28)8-9-30-18-6-4-16(5-7-18)23(24,25)26/h4-7,10-11,17,27H,8-9,12H2,1-3H3. The van der Waals surface area contributed by atoms with E-state index in [0.717, 1.165) is 28.8 Å². The zero-order valence-electron chi connectivity index (χ0n) is 17.0. The number of benzene rings is 2. The molecule has 0 fully saturated rings. The normalized spacial score (nSPS) is 17.3. The number of hydrogen-bond donors (Lipinski definition) is 1. The third-order valence-corrected chi connectivity index (χ3v) is 6.05. The number of ether oxygens (including phenoxy) is 1. The molecule has 1 aliphatic heterocycles. The van der Waals surface area contributed by atoms with Crippen LogP contribution in [-0.2, 0) is 15.7 Å². The number of thioether (sulfide) groups is 1. The van der Waals surface area contributed by atoms with Crippen LogP contribution in [0, 0.1) is 20.8 Å². The highest BCUT2D eigenvalue weighted by Crippen LogP contribution is 2.35. The molecular weight excluding hydrogens is 413 g/mol. The van der Waals surface area contributed by atoms with Crippen molar-refractivity contribution < 1.29 is 27.8 Å². The molecule has 30 heavy (non-hydrogen) atoms. The average Bonchev–Trinajstić information content (AvgIpc) is 2.63. The lowest BCUT2D eigenvalue weighted by atomic mass is 9.90. The fraction of sp³-hybridized carbons (Fsp3) is 0.348. The van der Waals surface area contributed by atoms with Gasteiger partial charge in [0.2, 0.25) is 0 Å². The summed E-state index contributed by atoms with van der Waals surface area (Å²) in [6.45, 7) is 5.77. The van der Waals surface area contributed by atoms with E-state index in [1.807, 2.05) is 32.9 Å². The SMILES string of the molecule is Cc1cc(C)c(C2=C(O)CC(CCSc3ccc(C(F)(F)F)cc3)OC2=O)c(C)c1. The first-order valence-electron chi connectivity index (χ1n) is 9.57. The predicted octanol–water partition coefficient (Wildman–Crippen LogP) is 6.40. The molecule has 1 aliphatic rings. The topological polar surface area (TPSA) is 46.5 Å². The molecule has 0 spiro atoms. The van der Waals surface area contributed by atoms with E-state index in [9.17, 15) is 23.1 Å². The number of esters is 1. The van der Waals surface area contributed by atoms with E-state index in [1.54, 1.807) is 0 Å². The van der Waals surface area contributed by atoms with E-state index in [1.165, 1.54) is 23.9 Å². The predicted molar refractivity (Wildman–Crippen MR) is 111 cm³/mol. The molecule has 3 nitrogen and oxygen atoms in total. The third kappa shape index (κ3) is 5.01. The molecule has 3 rings (SSSR count). The Hall–Kier alpha value is -2.41. The Balaban J connectivity index is 1.64. The van der Waals surface area contributed by atoms with Crippen LogP contribution in [0.4, 0.5) is 13.2 Å². The number of hydrogen-bond acceptors (Lipinski definition) is 4. The minimum absolute atomic E-state index is 0.0193. The van der Waals surface area contributed by atoms with Gasteiger partial charge in [0.1, 0.15) is 17.4 Å². The largest absolute Gasteiger partial charge is 0.511 e. The molecule has 0 amide bonds. The van der Waals surface area contributed by atoms with E-state index in [-0.39, 0.29) is 17.8 Å². The van der Waals surface area contributed by atoms with E-state index in [2.05, 4.69) is 0 Å². The van der Waals surface area contributed by atoms with Crippen molar-refractivity contribution in [2.75, 3.05) is 5.75 Å². The Kier molecular flexibility index (Phi) is 6.50. The number of aliphatic hydroxyl groups excluding tert-OH is 1. The molecule has 0 saturated carbocycles. The molecular formula is C23H23F3O3S. The number of alkyl halides is 3. The van der Waals surface area contributed by atoms with Crippen LogP contribution >= 0.6 is 11.8 Å². The zero-order valence-corrected chi connectivity index (χ0v) is 17.8. The van der Waals surface area contributed by atoms with Crippen molar-refractivity contribution in [1.82, 2.24) is 0 Å². The average molecular weight is 436 g/mol. The van der Waals surface area contributed by atoms with Gasteiger partial charge in [-0.1, -0.05) is 17.7 Å². The van der Waals surface area contributed by atoms with Gasteiger partial charge >= 0.3 is 12.1 Å². The molecule has 0 aromatic heterocycles. The summed E-state index contributed by atoms with van der Waals surface area (Å²) in [7, 11) is 0. The van der Waals surface area contributed by atoms with Crippen LogP contribution in [0.25, 0.3) is 5.57 Å². The molecule has 0 radical (unpaired) electrons. The van der Waals surface area contributed by atoms with E-state index in [0.29, 0.717) is 22.6 Å². The monoisotopic (exact) mass is 436 g/mol. The van der Waals surface area contributed by atoms with E-state index < -0.39 is 23.8 Å². The summed E-state index contributed by atoms with van der Waals surface area (Å²) in [5, 5.41) is 10.6. The van der Waals surface area contributed by atoms with Crippen molar-refractivity contribution in [1.29, 1.82) is 0 Å². The smallest absolute Gasteiger partial charge is 0.416 e. The zero-order chi connectivity index (χ0) is 22.1. The maximum Gasteiger partial charge on any atom is 0.416 e. The van der Waals surface area contributed by atoms with Gasteiger partial charge in [0, 0.05) is 17.1 Å². The van der Waals surface area contributed by atoms with Gasteiger partial charge in [0.05, 0.1) is 5.56 Å². The molecule has 1 heterocycles. The van der Waals surface area contributed by atoms with Gasteiger partial charge in [-0.15, -0.1) is 11.8 Å². The Bertz CT molecular complexity index is 955. The molecule has 1 atom stereocenters. The van der Waals surface area contributed by atoms with Gasteiger partial charge in [0.15, 0.2) is 0 Å². The van der Waals surface area contributed by atoms with E-state index >= 15 is 0 Å². The molecule has 1 N–H and O–H groups in total. The lowest BCUT2D eigenvalue weighted by Crippen LogP contribution is -2.27. The van der Waals surface area contributed by atoms with Crippen LogP contribution in [0.15, 0.2) is 47.1 Å². The van der Waals surface area contributed by atoms with Crippen LogP contribution < -0.4 is 0 Å². The summed E-state index contributed by atoms with van der Waals surface area (Å²) in [6, 6.07) is 8.88. The van der Waals surface area contributed by atoms with Gasteiger partial charge in [-0.3, -0.25) is 0 Å². The number of aliphatic hydroxyl groups is 1. The van der Waals surface area contributed by atoms with Crippen LogP contribution in [0.5, 0.6) is 0 Å². The van der Waals surface area contributed by atoms with Crippen molar-refractivity contribution in [2.24, 2.45) is 0 Å². The second kappa shape index (κ2) is 8.76. The number of carbonyl (C=O) groups excluding carboxylic acids is 1. The van der Waals surface area contributed by atoms with Gasteiger partial charge in [-0.2, -0.15) is 13.2 Å². The van der Waals surface area contributed by atoms with Crippen molar-refractivity contribution in [3.05, 3.63) is 70.0 Å². The quantitative estimate of drug-likeness (QED) is 0.435. The van der Waals surface area contributed by atoms with Crippen molar-refractivity contribution in [3.63, 3.8) is 0 Å². The molecule has 0 saturated heterocycles. The maximum absolute atomic E-state index is 12.6. The molecule has 2 aromatic rings. The fourth-order valence-corrected chi connectivity index (χ4v) is 4.66. The first-order valence-corrected chi connectivity index (χ1v) is 10.6. The Morgan fingerprint density at radius 2 is 1.70 bits per heavy atom. The van der Waals surface area contributed by atoms with Gasteiger partial charge in [0.25, 0.3) is 0 Å². The molecule has 0 aliphatic carbocycles. The van der Waals surface area contributed by atoms with Crippen molar-refractivity contribution in [2.45, 2.75) is 50.8 Å². The highest BCUT2D eigenvalue weighted by Gasteiger charge is 2.32. The summed E-state index contributed by atoms with van der Waals surface area (Å²) < 4.78 is 43.4. The summed E-state index contributed by atoms with van der Waals surface area (Å²) in [6.07, 6.45) is -4.11. The number of aryl methyl sites for hydroxylation is 3. The van der Waals surface area contributed by atoms with Crippen molar-refractivity contribution in [3.8, 4) is 0 Å². The highest BCUT2D eigenvalue weighted by molar-refractivity contribution is 7.99. The van der Waals surface area contributed by atoms with Crippen molar-refractivity contribution >= 4 is 23.3 Å².